The smallest absolute Gasteiger partial charge is 0.228 e. The normalized spacial score (nSPS) is 18.3. The molecule has 2 rings (SSSR count). The number of thioether (sulfide) groups is 1. The molecular formula is C16H29N3OS. The molecule has 5 heteroatoms. The van der Waals surface area contributed by atoms with E-state index >= 15 is 0 Å². The van der Waals surface area contributed by atoms with E-state index in [0.29, 0.717) is 12.0 Å². The van der Waals surface area contributed by atoms with Crippen molar-refractivity contribution < 1.29 is 4.52 Å². The molecule has 1 N–H and O–H groups in total. The number of nitrogens with zero attached hydrogens (tertiary/aromatic N) is 2. The third-order valence-electron chi connectivity index (χ3n) is 4.10. The van der Waals surface area contributed by atoms with E-state index in [9.17, 15) is 0 Å². The van der Waals surface area contributed by atoms with Gasteiger partial charge in [0.15, 0.2) is 5.82 Å². The molecule has 1 aromatic rings. The maximum atomic E-state index is 5.40. The van der Waals surface area contributed by atoms with Crippen LogP contribution in [0.2, 0.25) is 0 Å². The van der Waals surface area contributed by atoms with Crippen LogP contribution in [0, 0.1) is 5.92 Å². The molecule has 21 heavy (non-hydrogen) atoms. The van der Waals surface area contributed by atoms with Crippen LogP contribution in [0.25, 0.3) is 0 Å². The SMILES string of the molecule is CNC(Cc1nc(CSC2CCCCC2)no1)CC(C)C. The lowest BCUT2D eigenvalue weighted by molar-refractivity contribution is 0.343. The number of hydrogen-bond acceptors (Lipinski definition) is 5. The van der Waals surface area contributed by atoms with Gasteiger partial charge in [0.1, 0.15) is 0 Å². The summed E-state index contributed by atoms with van der Waals surface area (Å²) in [5.74, 6) is 3.20. The predicted molar refractivity (Wildman–Crippen MR) is 88.5 cm³/mol. The van der Waals surface area contributed by atoms with Gasteiger partial charge in [-0.25, -0.2) is 0 Å². The molecule has 1 aliphatic rings. The topological polar surface area (TPSA) is 51.0 Å². The van der Waals surface area contributed by atoms with Crippen LogP contribution in [0.5, 0.6) is 0 Å². The van der Waals surface area contributed by atoms with Gasteiger partial charge >= 0.3 is 0 Å². The first-order chi connectivity index (χ1) is 10.2. The van der Waals surface area contributed by atoms with E-state index in [1.54, 1.807) is 0 Å². The standard InChI is InChI=1S/C16H29N3OS/c1-12(2)9-13(17-3)10-16-18-15(19-20-16)11-21-14-7-5-4-6-8-14/h12-14,17H,4-11H2,1-3H3. The molecule has 1 saturated carbocycles. The number of aromatic nitrogens is 2. The van der Waals surface area contributed by atoms with E-state index in [0.717, 1.165) is 35.6 Å². The number of likely N-dealkylation sites (N-methyl/N-ethyl adjacent to an activating group) is 1. The fraction of sp³-hybridized carbons (Fsp3) is 0.875. The highest BCUT2D eigenvalue weighted by Gasteiger charge is 2.17. The van der Waals surface area contributed by atoms with Crippen LogP contribution in [0.1, 0.15) is 64.1 Å². The summed E-state index contributed by atoms with van der Waals surface area (Å²) in [6.07, 6.45) is 8.84. The third kappa shape index (κ3) is 5.99. The maximum Gasteiger partial charge on any atom is 0.228 e. The zero-order valence-electron chi connectivity index (χ0n) is 13.6. The van der Waals surface area contributed by atoms with Crippen molar-refractivity contribution in [2.24, 2.45) is 5.92 Å². The Morgan fingerprint density at radius 3 is 2.71 bits per heavy atom. The molecule has 0 radical (unpaired) electrons. The maximum absolute atomic E-state index is 5.40. The van der Waals surface area contributed by atoms with Crippen LogP contribution >= 0.6 is 11.8 Å². The van der Waals surface area contributed by atoms with E-state index in [4.69, 9.17) is 4.52 Å². The zero-order chi connectivity index (χ0) is 15.1. The first-order valence-electron chi connectivity index (χ1n) is 8.27. The van der Waals surface area contributed by atoms with Gasteiger partial charge < -0.3 is 9.84 Å². The fourth-order valence-corrected chi connectivity index (χ4v) is 4.11. The van der Waals surface area contributed by atoms with Crippen molar-refractivity contribution in [2.75, 3.05) is 7.05 Å². The van der Waals surface area contributed by atoms with Gasteiger partial charge in [0, 0.05) is 17.7 Å². The van der Waals surface area contributed by atoms with Crippen molar-refractivity contribution in [2.45, 2.75) is 75.8 Å². The van der Waals surface area contributed by atoms with Crippen LogP contribution < -0.4 is 5.32 Å². The van der Waals surface area contributed by atoms with Crippen LogP contribution in [0.15, 0.2) is 4.52 Å². The summed E-state index contributed by atoms with van der Waals surface area (Å²) in [6.45, 7) is 4.48. The Labute approximate surface area is 132 Å². The summed E-state index contributed by atoms with van der Waals surface area (Å²) in [4.78, 5) is 4.55. The van der Waals surface area contributed by atoms with Crippen molar-refractivity contribution in [3.05, 3.63) is 11.7 Å². The molecule has 0 bridgehead atoms. The Balaban J connectivity index is 1.77. The van der Waals surface area contributed by atoms with Gasteiger partial charge in [0.2, 0.25) is 5.89 Å². The quantitative estimate of drug-likeness (QED) is 0.791. The molecule has 0 saturated heterocycles. The summed E-state index contributed by atoms with van der Waals surface area (Å²) in [6, 6.07) is 0.421. The lowest BCUT2D eigenvalue weighted by Gasteiger charge is -2.20. The average Bonchev–Trinajstić information content (AvgIpc) is 2.92. The molecule has 0 spiro atoms. The largest absolute Gasteiger partial charge is 0.339 e. The van der Waals surface area contributed by atoms with Crippen LogP contribution in [0.3, 0.4) is 0 Å². The molecular weight excluding hydrogens is 282 g/mol. The molecule has 0 aromatic carbocycles. The molecule has 0 aliphatic heterocycles. The van der Waals surface area contributed by atoms with Crippen molar-refractivity contribution in [3.63, 3.8) is 0 Å². The van der Waals surface area contributed by atoms with Crippen LogP contribution in [0.4, 0.5) is 0 Å². The third-order valence-corrected chi connectivity index (χ3v) is 5.46. The van der Waals surface area contributed by atoms with Crippen molar-refractivity contribution in [3.8, 4) is 0 Å². The summed E-state index contributed by atoms with van der Waals surface area (Å²) >= 11 is 2.00. The van der Waals surface area contributed by atoms with Gasteiger partial charge in [0.25, 0.3) is 0 Å². The zero-order valence-corrected chi connectivity index (χ0v) is 14.4. The molecule has 1 heterocycles. The van der Waals surface area contributed by atoms with Gasteiger partial charge in [-0.05, 0) is 32.2 Å². The van der Waals surface area contributed by atoms with E-state index < -0.39 is 0 Å². The lowest BCUT2D eigenvalue weighted by Crippen LogP contribution is -2.29. The molecule has 0 amide bonds. The van der Waals surface area contributed by atoms with E-state index in [1.807, 2.05) is 18.8 Å². The van der Waals surface area contributed by atoms with Crippen molar-refractivity contribution in [1.29, 1.82) is 0 Å². The first-order valence-corrected chi connectivity index (χ1v) is 9.32. The highest BCUT2D eigenvalue weighted by Crippen LogP contribution is 2.29. The Hall–Kier alpha value is -0.550. The Morgan fingerprint density at radius 2 is 2.05 bits per heavy atom. The van der Waals surface area contributed by atoms with Gasteiger partial charge in [-0.15, -0.1) is 0 Å². The van der Waals surface area contributed by atoms with Gasteiger partial charge in [-0.2, -0.15) is 16.7 Å². The van der Waals surface area contributed by atoms with Gasteiger partial charge in [0.05, 0.1) is 5.75 Å². The highest BCUT2D eigenvalue weighted by atomic mass is 32.2. The second-order valence-corrected chi connectivity index (χ2v) is 7.78. The Bertz CT molecular complexity index is 402. The first kappa shape index (κ1) is 16.8. The molecule has 120 valence electrons. The van der Waals surface area contributed by atoms with Gasteiger partial charge in [-0.3, -0.25) is 0 Å². The second kappa shape index (κ2) is 8.79. The Morgan fingerprint density at radius 1 is 1.29 bits per heavy atom. The highest BCUT2D eigenvalue weighted by molar-refractivity contribution is 7.99. The summed E-state index contributed by atoms with van der Waals surface area (Å²) in [5, 5.41) is 8.27. The van der Waals surface area contributed by atoms with E-state index in [2.05, 4.69) is 29.3 Å². The van der Waals surface area contributed by atoms with E-state index in [1.165, 1.54) is 32.1 Å². The summed E-state index contributed by atoms with van der Waals surface area (Å²) in [5.41, 5.74) is 0. The molecule has 1 aromatic heterocycles. The average molecular weight is 311 g/mol. The fourth-order valence-electron chi connectivity index (χ4n) is 2.94. The van der Waals surface area contributed by atoms with Crippen molar-refractivity contribution >= 4 is 11.8 Å². The minimum Gasteiger partial charge on any atom is -0.339 e. The monoisotopic (exact) mass is 311 g/mol. The minimum absolute atomic E-state index is 0.421. The number of rotatable bonds is 8. The van der Waals surface area contributed by atoms with Crippen LogP contribution in [-0.2, 0) is 12.2 Å². The Kier molecular flexibility index (Phi) is 7.04. The molecule has 1 fully saturated rings. The minimum atomic E-state index is 0.421. The molecule has 1 unspecified atom stereocenters. The number of hydrogen-bond donors (Lipinski definition) is 1. The predicted octanol–water partition coefficient (Wildman–Crippen LogP) is 3.81. The molecule has 1 aliphatic carbocycles. The summed E-state index contributed by atoms with van der Waals surface area (Å²) < 4.78 is 5.40. The molecule has 4 nitrogen and oxygen atoms in total. The van der Waals surface area contributed by atoms with E-state index in [-0.39, 0.29) is 0 Å². The summed E-state index contributed by atoms with van der Waals surface area (Å²) in [7, 11) is 2.00. The number of nitrogens with one attached hydrogen (secondary N) is 1. The van der Waals surface area contributed by atoms with Gasteiger partial charge in [-0.1, -0.05) is 38.3 Å². The van der Waals surface area contributed by atoms with Crippen molar-refractivity contribution in [1.82, 2.24) is 15.5 Å². The second-order valence-electron chi connectivity index (χ2n) is 6.49. The van der Waals surface area contributed by atoms with Crippen LogP contribution in [-0.4, -0.2) is 28.5 Å². The molecule has 1 atom stereocenters. The lowest BCUT2D eigenvalue weighted by atomic mass is 10.0.